The summed E-state index contributed by atoms with van der Waals surface area (Å²) in [5.74, 6) is -0.214. The van der Waals surface area contributed by atoms with Gasteiger partial charge in [0.25, 0.3) is 0 Å². The van der Waals surface area contributed by atoms with Gasteiger partial charge in [0, 0.05) is 25.2 Å². The molecule has 0 atom stereocenters. The largest absolute Gasteiger partial charge is 0.330 e. The van der Waals surface area contributed by atoms with Crippen LogP contribution >= 0.6 is 0 Å². The van der Waals surface area contributed by atoms with Crippen LogP contribution in [0, 0.1) is 0 Å². The third kappa shape index (κ3) is 7.09. The van der Waals surface area contributed by atoms with E-state index in [9.17, 15) is 9.59 Å². The van der Waals surface area contributed by atoms with Gasteiger partial charge in [-0.3, -0.25) is 9.59 Å². The van der Waals surface area contributed by atoms with Crippen LogP contribution in [0.2, 0.25) is 0 Å². The molecule has 2 amide bonds. The zero-order valence-corrected chi connectivity index (χ0v) is 8.97. The van der Waals surface area contributed by atoms with Crippen LogP contribution in [0.25, 0.3) is 0 Å². The Hall–Kier alpha value is -1.58. The molecule has 0 radical (unpaired) electrons. The van der Waals surface area contributed by atoms with E-state index < -0.39 is 0 Å². The fourth-order valence-electron chi connectivity index (χ4n) is 0.889. The van der Waals surface area contributed by atoms with Crippen molar-refractivity contribution in [2.75, 3.05) is 0 Å². The average Bonchev–Trinajstić information content (AvgIpc) is 1.98. The first-order valence-corrected chi connectivity index (χ1v) is 4.32. The average molecular weight is 196 g/mol. The van der Waals surface area contributed by atoms with E-state index in [1.165, 1.54) is 13.8 Å². The van der Waals surface area contributed by atoms with Crippen LogP contribution in [-0.4, -0.2) is 11.8 Å². The number of nitrogens with one attached hydrogen (secondary N) is 2. The summed E-state index contributed by atoms with van der Waals surface area (Å²) >= 11 is 0. The summed E-state index contributed by atoms with van der Waals surface area (Å²) in [6.45, 7) is 6.45. The highest BCUT2D eigenvalue weighted by molar-refractivity contribution is 5.75. The molecule has 78 valence electrons. The van der Waals surface area contributed by atoms with Gasteiger partial charge in [-0.2, -0.15) is 0 Å². The van der Waals surface area contributed by atoms with Gasteiger partial charge in [-0.25, -0.2) is 0 Å². The Balaban J connectivity index is 4.23. The topological polar surface area (TPSA) is 58.2 Å². The third-order valence-electron chi connectivity index (χ3n) is 1.33. The van der Waals surface area contributed by atoms with Gasteiger partial charge >= 0.3 is 0 Å². The van der Waals surface area contributed by atoms with Gasteiger partial charge in [-0.15, -0.1) is 0 Å². The van der Waals surface area contributed by atoms with Gasteiger partial charge in [-0.05, 0) is 26.0 Å². The normalized spacial score (nSPS) is 12.3. The molecule has 2 N–H and O–H groups in total. The summed E-state index contributed by atoms with van der Waals surface area (Å²) in [4.78, 5) is 21.3. The van der Waals surface area contributed by atoms with E-state index in [1.807, 2.05) is 0 Å². The van der Waals surface area contributed by atoms with Gasteiger partial charge in [0.05, 0.1) is 0 Å². The second-order valence-corrected chi connectivity index (χ2v) is 3.06. The zero-order chi connectivity index (χ0) is 11.1. The van der Waals surface area contributed by atoms with E-state index in [0.717, 1.165) is 11.4 Å². The molecule has 4 nitrogen and oxygen atoms in total. The number of allylic oxidation sites excluding steroid dienone is 4. The molecule has 0 saturated carbocycles. The Morgan fingerprint density at radius 1 is 0.786 bits per heavy atom. The molecular formula is C10H16N2O2. The molecule has 0 aliphatic carbocycles. The molecule has 0 bridgehead atoms. The number of carbonyl (C=O) groups is 2. The maximum absolute atomic E-state index is 10.6. The van der Waals surface area contributed by atoms with Gasteiger partial charge in [0.15, 0.2) is 0 Å². The summed E-state index contributed by atoms with van der Waals surface area (Å²) in [6, 6.07) is 0. The standard InChI is InChI=1S/C10H16N2O2/c1-7(11-9(3)13)5-6-8(2)12-10(4)14/h5-6H,1-4H3,(H,11,13)(H,12,14)/b7-5+,8-6+. The Labute approximate surface area is 84.1 Å². The summed E-state index contributed by atoms with van der Waals surface area (Å²) in [7, 11) is 0. The molecule has 0 aromatic heterocycles. The molecule has 4 heteroatoms. The van der Waals surface area contributed by atoms with Crippen molar-refractivity contribution in [1.82, 2.24) is 10.6 Å². The summed E-state index contributed by atoms with van der Waals surface area (Å²) in [5.41, 5.74) is 1.48. The molecule has 0 rings (SSSR count). The number of carbonyl (C=O) groups excluding carboxylic acids is 2. The molecule has 0 saturated heterocycles. The van der Waals surface area contributed by atoms with Crippen molar-refractivity contribution in [2.45, 2.75) is 27.7 Å². The molecule has 0 fully saturated rings. The monoisotopic (exact) mass is 196 g/mol. The van der Waals surface area contributed by atoms with E-state index in [-0.39, 0.29) is 11.8 Å². The second-order valence-electron chi connectivity index (χ2n) is 3.06. The number of hydrogen-bond donors (Lipinski definition) is 2. The molecule has 0 aromatic rings. The Morgan fingerprint density at radius 2 is 1.07 bits per heavy atom. The van der Waals surface area contributed by atoms with Crippen LogP contribution in [0.4, 0.5) is 0 Å². The molecule has 0 spiro atoms. The maximum atomic E-state index is 10.6. The van der Waals surface area contributed by atoms with E-state index in [0.29, 0.717) is 0 Å². The highest BCUT2D eigenvalue weighted by atomic mass is 16.2. The summed E-state index contributed by atoms with van der Waals surface area (Å²) in [5, 5.41) is 5.23. The van der Waals surface area contributed by atoms with Crippen molar-refractivity contribution in [3.05, 3.63) is 23.5 Å². The first-order chi connectivity index (χ1) is 6.41. The van der Waals surface area contributed by atoms with Crippen LogP contribution in [0.15, 0.2) is 23.5 Å². The minimum Gasteiger partial charge on any atom is -0.330 e. The Kier molecular flexibility index (Phi) is 5.29. The lowest BCUT2D eigenvalue weighted by atomic mass is 10.3. The van der Waals surface area contributed by atoms with Crippen molar-refractivity contribution in [1.29, 1.82) is 0 Å². The van der Waals surface area contributed by atoms with Crippen molar-refractivity contribution in [3.63, 3.8) is 0 Å². The van der Waals surface area contributed by atoms with Crippen molar-refractivity contribution >= 4 is 11.8 Å². The molecule has 0 aromatic carbocycles. The smallest absolute Gasteiger partial charge is 0.220 e. The van der Waals surface area contributed by atoms with Crippen molar-refractivity contribution in [2.24, 2.45) is 0 Å². The lowest BCUT2D eigenvalue weighted by Gasteiger charge is -2.01. The minimum absolute atomic E-state index is 0.107. The van der Waals surface area contributed by atoms with Gasteiger partial charge < -0.3 is 10.6 Å². The Morgan fingerprint density at radius 3 is 1.29 bits per heavy atom. The van der Waals surface area contributed by atoms with Gasteiger partial charge in [-0.1, -0.05) is 0 Å². The van der Waals surface area contributed by atoms with Crippen LogP contribution in [0.5, 0.6) is 0 Å². The molecule has 0 heterocycles. The predicted molar refractivity (Wildman–Crippen MR) is 55.1 cm³/mol. The minimum atomic E-state index is -0.107. The molecule has 0 aliphatic rings. The third-order valence-corrected chi connectivity index (χ3v) is 1.33. The lowest BCUT2D eigenvalue weighted by Crippen LogP contribution is -2.18. The van der Waals surface area contributed by atoms with Crippen LogP contribution < -0.4 is 10.6 Å². The van der Waals surface area contributed by atoms with Gasteiger partial charge in [0.1, 0.15) is 0 Å². The fraction of sp³-hybridized carbons (Fsp3) is 0.400. The predicted octanol–water partition coefficient (Wildman–Crippen LogP) is 1.07. The first-order valence-electron chi connectivity index (χ1n) is 4.32. The summed E-state index contributed by atoms with van der Waals surface area (Å²) in [6.07, 6.45) is 3.46. The van der Waals surface area contributed by atoms with Crippen molar-refractivity contribution in [3.8, 4) is 0 Å². The number of hydrogen-bond acceptors (Lipinski definition) is 2. The number of amides is 2. The lowest BCUT2D eigenvalue weighted by molar-refractivity contribution is -0.119. The van der Waals surface area contributed by atoms with Crippen LogP contribution in [0.1, 0.15) is 27.7 Å². The van der Waals surface area contributed by atoms with E-state index in [1.54, 1.807) is 26.0 Å². The van der Waals surface area contributed by atoms with Crippen LogP contribution in [-0.2, 0) is 9.59 Å². The van der Waals surface area contributed by atoms with Crippen LogP contribution in [0.3, 0.4) is 0 Å². The number of rotatable bonds is 3. The molecule has 14 heavy (non-hydrogen) atoms. The molecular weight excluding hydrogens is 180 g/mol. The summed E-state index contributed by atoms with van der Waals surface area (Å²) < 4.78 is 0. The SMILES string of the molecule is CC(=O)N/C(C)=C/C=C(\C)NC(C)=O. The van der Waals surface area contributed by atoms with E-state index in [2.05, 4.69) is 10.6 Å². The maximum Gasteiger partial charge on any atom is 0.220 e. The second kappa shape index (κ2) is 5.96. The van der Waals surface area contributed by atoms with Crippen molar-refractivity contribution < 1.29 is 9.59 Å². The molecule has 0 unspecified atom stereocenters. The van der Waals surface area contributed by atoms with Gasteiger partial charge in [0.2, 0.25) is 11.8 Å². The Bertz CT molecular complexity index is 260. The quantitative estimate of drug-likeness (QED) is 0.663. The highest BCUT2D eigenvalue weighted by Gasteiger charge is 1.92. The highest BCUT2D eigenvalue weighted by Crippen LogP contribution is 1.92. The first kappa shape index (κ1) is 12.4. The fourth-order valence-corrected chi connectivity index (χ4v) is 0.889. The zero-order valence-electron chi connectivity index (χ0n) is 8.97. The molecule has 0 aliphatic heterocycles. The van der Waals surface area contributed by atoms with E-state index >= 15 is 0 Å². The van der Waals surface area contributed by atoms with E-state index in [4.69, 9.17) is 0 Å².